The van der Waals surface area contributed by atoms with Gasteiger partial charge in [0.1, 0.15) is 5.69 Å². The molecule has 0 aliphatic carbocycles. The smallest absolute Gasteiger partial charge is 0.354 e. The number of carboxylic acids is 1. The van der Waals surface area contributed by atoms with E-state index in [9.17, 15) is 33.9 Å². The molecule has 4 atom stereocenters. The van der Waals surface area contributed by atoms with Crippen molar-refractivity contribution in [3.8, 4) is 0 Å². The number of nitrogens with one attached hydrogen (secondary N) is 2. The number of esters is 4. The maximum Gasteiger partial charge on any atom is 0.354 e. The summed E-state index contributed by atoms with van der Waals surface area (Å²) in [5.74, 6) is -5.61. The monoisotopic (exact) mass is 562 g/mol. The van der Waals surface area contributed by atoms with Crippen LogP contribution in [0.15, 0.2) is 18.2 Å². The van der Waals surface area contributed by atoms with Crippen LogP contribution in [0.1, 0.15) is 56.6 Å². The average Bonchev–Trinajstić information content (AvgIpc) is 3.23. The highest BCUT2D eigenvalue weighted by Crippen LogP contribution is 2.47. The van der Waals surface area contributed by atoms with Crippen LogP contribution in [0.25, 0.3) is 10.9 Å². The van der Waals surface area contributed by atoms with Gasteiger partial charge in [0, 0.05) is 43.7 Å². The van der Waals surface area contributed by atoms with E-state index < -0.39 is 72.0 Å². The summed E-state index contributed by atoms with van der Waals surface area (Å²) < 4.78 is 27.4. The Morgan fingerprint density at radius 3 is 2.30 bits per heavy atom. The van der Waals surface area contributed by atoms with E-state index in [2.05, 4.69) is 10.3 Å². The van der Waals surface area contributed by atoms with Crippen molar-refractivity contribution in [3.63, 3.8) is 0 Å². The molecular formula is C26H30N2O12. The number of amides is 1. The Balaban J connectivity index is 2.50. The Hall–Kier alpha value is -4.46. The fraction of sp³-hybridized carbons (Fsp3) is 0.462. The number of ether oxygens (including phenoxy) is 5. The summed E-state index contributed by atoms with van der Waals surface area (Å²) >= 11 is 0. The number of aromatic carboxylic acids is 1. The molecule has 14 nitrogen and oxygen atoms in total. The maximum atomic E-state index is 13.1. The van der Waals surface area contributed by atoms with Gasteiger partial charge in [-0.3, -0.25) is 19.2 Å². The normalized spacial score (nSPS) is 22.2. The summed E-state index contributed by atoms with van der Waals surface area (Å²) in [5.41, 5.74) is -2.91. The molecule has 0 spiro atoms. The van der Waals surface area contributed by atoms with E-state index in [1.165, 1.54) is 18.2 Å². The van der Waals surface area contributed by atoms with Gasteiger partial charge in [0.2, 0.25) is 17.6 Å². The van der Waals surface area contributed by atoms with Crippen LogP contribution in [-0.4, -0.2) is 77.9 Å². The minimum absolute atomic E-state index is 0.0173. The molecule has 1 amide bonds. The molecule has 216 valence electrons. The largest absolute Gasteiger partial charge is 0.477 e. The van der Waals surface area contributed by atoms with Crippen LogP contribution >= 0.6 is 0 Å². The Morgan fingerprint density at radius 2 is 1.75 bits per heavy atom. The predicted octanol–water partition coefficient (Wildman–Crippen LogP) is 1.80. The third-order valence-corrected chi connectivity index (χ3v) is 6.12. The predicted molar refractivity (Wildman–Crippen MR) is 135 cm³/mol. The number of H-pyrrole nitrogens is 1. The standard InChI is InChI=1S/C26H30N2O12/c1-6-8-18(32)28-20-19-15(9-7-10-16(19)27-21(20)24(33)34)26(40-14(4)31)22(39-13(3)30)17(38-12(2)29)11-37-23(26)25(35)36-5/h7,9-10,17,22-23,27H,6,8,11H2,1-5H3,(H,28,32)(H,33,34)/t17-,22+,23+,26-/m0/s1. The number of aromatic amines is 1. The fourth-order valence-corrected chi connectivity index (χ4v) is 4.82. The molecule has 2 heterocycles. The maximum absolute atomic E-state index is 13.1. The number of carbonyl (C=O) groups is 6. The molecule has 1 aliphatic heterocycles. The minimum Gasteiger partial charge on any atom is -0.477 e. The first kappa shape index (κ1) is 30.1. The Kier molecular flexibility index (Phi) is 9.14. The molecule has 3 rings (SSSR count). The van der Waals surface area contributed by atoms with E-state index in [4.69, 9.17) is 23.7 Å². The molecule has 0 saturated carbocycles. The van der Waals surface area contributed by atoms with E-state index in [1.54, 1.807) is 6.92 Å². The van der Waals surface area contributed by atoms with Crippen molar-refractivity contribution in [3.05, 3.63) is 29.5 Å². The number of methoxy groups -OCH3 is 1. The first-order chi connectivity index (χ1) is 18.9. The van der Waals surface area contributed by atoms with Gasteiger partial charge in [-0.1, -0.05) is 19.1 Å². The number of carbonyl (C=O) groups excluding carboxylic acids is 5. The fourth-order valence-electron chi connectivity index (χ4n) is 4.82. The van der Waals surface area contributed by atoms with Gasteiger partial charge in [-0.15, -0.1) is 0 Å². The van der Waals surface area contributed by atoms with Crippen molar-refractivity contribution < 1.29 is 57.6 Å². The zero-order chi connectivity index (χ0) is 29.8. The van der Waals surface area contributed by atoms with Crippen molar-refractivity contribution >= 4 is 52.3 Å². The van der Waals surface area contributed by atoms with Crippen LogP contribution < -0.4 is 5.32 Å². The van der Waals surface area contributed by atoms with Crippen LogP contribution in [0.3, 0.4) is 0 Å². The molecule has 0 radical (unpaired) electrons. The van der Waals surface area contributed by atoms with Gasteiger partial charge in [-0.05, 0) is 12.5 Å². The van der Waals surface area contributed by atoms with E-state index in [0.717, 1.165) is 27.9 Å². The molecule has 0 unspecified atom stereocenters. The Labute approximate surface area is 228 Å². The zero-order valence-electron chi connectivity index (χ0n) is 22.5. The third kappa shape index (κ3) is 5.76. The topological polar surface area (TPSA) is 197 Å². The van der Waals surface area contributed by atoms with Crippen molar-refractivity contribution in [1.82, 2.24) is 4.98 Å². The van der Waals surface area contributed by atoms with Gasteiger partial charge in [0.05, 0.1) is 19.4 Å². The SMILES string of the molecule is CCCC(=O)Nc1c(C(=O)O)[nH]c2cccc([C@@]3(OC(C)=O)[C@@H](C(=O)OC)OC[C@H](OC(C)=O)[C@H]3OC(C)=O)c12. The summed E-state index contributed by atoms with van der Waals surface area (Å²) in [6.45, 7) is 4.48. The van der Waals surface area contributed by atoms with Crippen LogP contribution in [0.4, 0.5) is 5.69 Å². The number of fused-ring (bicyclic) bond motifs is 1. The number of hydrogen-bond acceptors (Lipinski definition) is 11. The molecule has 14 heteroatoms. The van der Waals surface area contributed by atoms with Gasteiger partial charge in [0.15, 0.2) is 12.2 Å². The van der Waals surface area contributed by atoms with Gasteiger partial charge in [0.25, 0.3) is 0 Å². The molecule has 40 heavy (non-hydrogen) atoms. The van der Waals surface area contributed by atoms with Gasteiger partial charge in [-0.2, -0.15) is 0 Å². The quantitative estimate of drug-likeness (QED) is 0.296. The Morgan fingerprint density at radius 1 is 1.07 bits per heavy atom. The summed E-state index contributed by atoms with van der Waals surface area (Å²) in [6, 6.07) is 4.33. The second kappa shape index (κ2) is 12.2. The molecular weight excluding hydrogens is 532 g/mol. The molecule has 1 aromatic carbocycles. The molecule has 1 fully saturated rings. The lowest BCUT2D eigenvalue weighted by molar-refractivity contribution is -0.268. The molecule has 0 bridgehead atoms. The van der Waals surface area contributed by atoms with E-state index in [1.807, 2.05) is 0 Å². The Bertz CT molecular complexity index is 1350. The number of aromatic nitrogens is 1. The van der Waals surface area contributed by atoms with Gasteiger partial charge < -0.3 is 39.1 Å². The second-order valence-corrected chi connectivity index (χ2v) is 9.01. The van der Waals surface area contributed by atoms with E-state index in [0.29, 0.717) is 6.42 Å². The summed E-state index contributed by atoms with van der Waals surface area (Å²) in [6.07, 6.45) is -4.33. The highest BCUT2D eigenvalue weighted by Gasteiger charge is 2.64. The first-order valence-electron chi connectivity index (χ1n) is 12.3. The number of carboxylic acid groups (broad SMARTS) is 1. The third-order valence-electron chi connectivity index (χ3n) is 6.12. The van der Waals surface area contributed by atoms with Crippen LogP contribution in [0, 0.1) is 0 Å². The molecule has 3 N–H and O–H groups in total. The lowest BCUT2D eigenvalue weighted by atomic mass is 9.76. The number of anilines is 1. The minimum atomic E-state index is -2.38. The van der Waals surface area contributed by atoms with Gasteiger partial charge >= 0.3 is 29.8 Å². The summed E-state index contributed by atoms with van der Waals surface area (Å²) in [7, 11) is 1.05. The lowest BCUT2D eigenvalue weighted by Crippen LogP contribution is -2.66. The molecule has 2 aromatic rings. The lowest BCUT2D eigenvalue weighted by Gasteiger charge is -2.48. The molecule has 1 saturated heterocycles. The van der Waals surface area contributed by atoms with Crippen molar-refractivity contribution in [2.24, 2.45) is 0 Å². The van der Waals surface area contributed by atoms with Crippen molar-refractivity contribution in [2.75, 3.05) is 19.0 Å². The second-order valence-electron chi connectivity index (χ2n) is 9.01. The average molecular weight is 563 g/mol. The zero-order valence-corrected chi connectivity index (χ0v) is 22.5. The molecule has 1 aliphatic rings. The number of benzene rings is 1. The highest BCUT2D eigenvalue weighted by molar-refractivity contribution is 6.12. The summed E-state index contributed by atoms with van der Waals surface area (Å²) in [5, 5.41) is 12.5. The van der Waals surface area contributed by atoms with Crippen molar-refractivity contribution in [2.45, 2.75) is 64.4 Å². The van der Waals surface area contributed by atoms with Gasteiger partial charge in [-0.25, -0.2) is 9.59 Å². The first-order valence-corrected chi connectivity index (χ1v) is 12.3. The number of hydrogen-bond donors (Lipinski definition) is 3. The summed E-state index contributed by atoms with van der Waals surface area (Å²) in [4.78, 5) is 77.6. The van der Waals surface area contributed by atoms with Crippen LogP contribution in [0.5, 0.6) is 0 Å². The molecule has 1 aromatic heterocycles. The van der Waals surface area contributed by atoms with E-state index >= 15 is 0 Å². The van der Waals surface area contributed by atoms with E-state index in [-0.39, 0.29) is 28.6 Å². The van der Waals surface area contributed by atoms with Crippen molar-refractivity contribution in [1.29, 1.82) is 0 Å². The number of rotatable bonds is 9. The van der Waals surface area contributed by atoms with Crippen LogP contribution in [0.2, 0.25) is 0 Å². The highest BCUT2D eigenvalue weighted by atomic mass is 16.7. The van der Waals surface area contributed by atoms with Crippen LogP contribution in [-0.2, 0) is 53.3 Å².